The molecule has 0 bridgehead atoms. The molecule has 5 atom stereocenters. The van der Waals surface area contributed by atoms with E-state index in [0.717, 1.165) is 44.2 Å². The molecule has 1 heterocycles. The zero-order valence-electron chi connectivity index (χ0n) is 29.6. The first kappa shape index (κ1) is 39.6. The minimum Gasteiger partial charge on any atom is -0.390 e. The van der Waals surface area contributed by atoms with E-state index in [9.17, 15) is 24.6 Å². The summed E-state index contributed by atoms with van der Waals surface area (Å²) in [5.41, 5.74) is 3.28. The minimum absolute atomic E-state index is 0.00858. The van der Waals surface area contributed by atoms with Crippen molar-refractivity contribution >= 4 is 29.1 Å². The Balaban J connectivity index is 1.81. The van der Waals surface area contributed by atoms with Crippen LogP contribution in [-0.4, -0.2) is 101 Å². The quantitative estimate of drug-likeness (QED) is 0.165. The summed E-state index contributed by atoms with van der Waals surface area (Å²) in [7, 11) is 5.75. The highest BCUT2D eigenvalue weighted by Gasteiger charge is 2.34. The van der Waals surface area contributed by atoms with Crippen LogP contribution >= 0.6 is 11.3 Å². The highest BCUT2D eigenvalue weighted by molar-refractivity contribution is 7.07. The summed E-state index contributed by atoms with van der Waals surface area (Å²) < 4.78 is 0. The van der Waals surface area contributed by atoms with E-state index in [1.165, 1.54) is 17.8 Å². The maximum absolute atomic E-state index is 14.1. The van der Waals surface area contributed by atoms with Crippen LogP contribution in [0, 0.1) is 17.8 Å². The van der Waals surface area contributed by atoms with Crippen LogP contribution in [0.4, 0.5) is 0 Å². The topological polar surface area (TPSA) is 135 Å². The summed E-state index contributed by atoms with van der Waals surface area (Å²) in [6.45, 7) is 5.41. The number of nitrogens with one attached hydrogen (secondary N) is 2. The standard InChI is InChI=1S/C37H59N5O5S/c1-26(2)19-33(43)35(45)31(21-28-15-10-7-11-16-28)39-37(47)32(23-30-24-48-25-38-30)40-36(46)29(20-27-13-8-6-9-14-27)22-34(44)42(5)18-12-17-41(3)4/h6,8-9,13-14,24-26,28-29,31-33,35,43,45H,7,10-12,15-23H2,1-5H3,(H,39,47)(H,40,46). The maximum Gasteiger partial charge on any atom is 0.243 e. The number of hydrogen-bond acceptors (Lipinski definition) is 8. The van der Waals surface area contributed by atoms with Crippen molar-refractivity contribution in [1.29, 1.82) is 0 Å². The number of thiazole rings is 1. The summed E-state index contributed by atoms with van der Waals surface area (Å²) in [5.74, 6) is -1.12. The average Bonchev–Trinajstić information content (AvgIpc) is 3.57. The molecule has 0 spiro atoms. The van der Waals surface area contributed by atoms with E-state index in [4.69, 9.17) is 0 Å². The lowest BCUT2D eigenvalue weighted by atomic mass is 9.82. The van der Waals surface area contributed by atoms with Gasteiger partial charge in [0.05, 0.1) is 29.3 Å². The number of rotatable bonds is 20. The van der Waals surface area contributed by atoms with Crippen LogP contribution in [0.3, 0.4) is 0 Å². The molecule has 0 saturated heterocycles. The van der Waals surface area contributed by atoms with Gasteiger partial charge in [0.2, 0.25) is 17.7 Å². The SMILES string of the molecule is CC(C)CC(O)C(O)C(CC1CCCCC1)NC(=O)C(Cc1cscn1)NC(=O)C(CC(=O)N(C)CCCN(C)C)Cc1ccccc1. The Kier molecular flexibility index (Phi) is 17.0. The number of aromatic nitrogens is 1. The molecular formula is C37H59N5O5S. The van der Waals surface area contributed by atoms with Crippen LogP contribution in [-0.2, 0) is 27.2 Å². The summed E-state index contributed by atoms with van der Waals surface area (Å²) in [4.78, 5) is 49.6. The van der Waals surface area contributed by atoms with Gasteiger partial charge in [-0.3, -0.25) is 14.4 Å². The molecule has 0 aliphatic heterocycles. The van der Waals surface area contributed by atoms with Gasteiger partial charge in [-0.25, -0.2) is 4.98 Å². The average molecular weight is 686 g/mol. The molecule has 5 unspecified atom stereocenters. The fourth-order valence-corrected chi connectivity index (χ4v) is 7.13. The molecule has 268 valence electrons. The molecule has 1 fully saturated rings. The first-order valence-corrected chi connectivity index (χ1v) is 18.6. The van der Waals surface area contributed by atoms with Crippen LogP contribution < -0.4 is 10.6 Å². The van der Waals surface area contributed by atoms with Gasteiger partial charge in [-0.05, 0) is 63.7 Å². The monoisotopic (exact) mass is 685 g/mol. The number of hydrogen-bond donors (Lipinski definition) is 4. The molecule has 1 aromatic heterocycles. The number of carbonyl (C=O) groups is 3. The Morgan fingerprint density at radius 1 is 0.958 bits per heavy atom. The predicted molar refractivity (Wildman–Crippen MR) is 191 cm³/mol. The van der Waals surface area contributed by atoms with E-state index in [1.807, 2.05) is 63.7 Å². The second-order valence-electron chi connectivity index (χ2n) is 14.4. The van der Waals surface area contributed by atoms with Crippen LogP contribution in [0.25, 0.3) is 0 Å². The fourth-order valence-electron chi connectivity index (χ4n) is 6.56. The molecular weight excluding hydrogens is 627 g/mol. The van der Waals surface area contributed by atoms with Gasteiger partial charge in [0.25, 0.3) is 0 Å². The Morgan fingerprint density at radius 2 is 1.67 bits per heavy atom. The van der Waals surface area contributed by atoms with E-state index >= 15 is 0 Å². The van der Waals surface area contributed by atoms with Gasteiger partial charge in [0.1, 0.15) is 12.1 Å². The normalized spacial score (nSPS) is 17.0. The van der Waals surface area contributed by atoms with Gasteiger partial charge in [-0.15, -0.1) is 11.3 Å². The van der Waals surface area contributed by atoms with E-state index in [0.29, 0.717) is 37.4 Å². The van der Waals surface area contributed by atoms with E-state index < -0.39 is 36.1 Å². The lowest BCUT2D eigenvalue weighted by molar-refractivity contribution is -0.137. The van der Waals surface area contributed by atoms with E-state index in [1.54, 1.807) is 17.5 Å². The Bertz CT molecular complexity index is 1220. The molecule has 3 amide bonds. The summed E-state index contributed by atoms with van der Waals surface area (Å²) in [6.07, 6.45) is 5.66. The summed E-state index contributed by atoms with van der Waals surface area (Å²) >= 11 is 1.41. The molecule has 2 aromatic rings. The predicted octanol–water partition coefficient (Wildman–Crippen LogP) is 4.05. The molecule has 1 aromatic carbocycles. The zero-order valence-corrected chi connectivity index (χ0v) is 30.5. The molecule has 10 nitrogen and oxygen atoms in total. The summed E-state index contributed by atoms with van der Waals surface area (Å²) in [5, 5.41) is 30.1. The lowest BCUT2D eigenvalue weighted by Gasteiger charge is -2.34. The third-order valence-corrected chi connectivity index (χ3v) is 9.97. The van der Waals surface area contributed by atoms with Gasteiger partial charge < -0.3 is 30.6 Å². The smallest absolute Gasteiger partial charge is 0.243 e. The first-order valence-electron chi connectivity index (χ1n) is 17.7. The van der Waals surface area contributed by atoms with Crippen molar-refractivity contribution in [3.05, 3.63) is 52.5 Å². The van der Waals surface area contributed by atoms with Crippen molar-refractivity contribution < 1.29 is 24.6 Å². The maximum atomic E-state index is 14.1. The number of benzene rings is 1. The van der Waals surface area contributed by atoms with Crippen molar-refractivity contribution in [3.63, 3.8) is 0 Å². The molecule has 48 heavy (non-hydrogen) atoms. The van der Waals surface area contributed by atoms with Crippen LogP contribution in [0.5, 0.6) is 0 Å². The molecule has 1 saturated carbocycles. The molecule has 3 rings (SSSR count). The van der Waals surface area contributed by atoms with Crippen LogP contribution in [0.1, 0.15) is 82.9 Å². The third-order valence-electron chi connectivity index (χ3n) is 9.33. The number of aliphatic hydroxyl groups excluding tert-OH is 2. The number of nitrogens with zero attached hydrogens (tertiary/aromatic N) is 3. The van der Waals surface area contributed by atoms with Crippen molar-refractivity contribution in [2.45, 2.75) is 109 Å². The van der Waals surface area contributed by atoms with E-state index in [2.05, 4.69) is 20.5 Å². The zero-order chi connectivity index (χ0) is 35.1. The van der Waals surface area contributed by atoms with Crippen molar-refractivity contribution in [1.82, 2.24) is 25.4 Å². The van der Waals surface area contributed by atoms with Gasteiger partial charge in [0.15, 0.2) is 0 Å². The van der Waals surface area contributed by atoms with Crippen molar-refractivity contribution in [3.8, 4) is 0 Å². The fraction of sp³-hybridized carbons (Fsp3) is 0.676. The highest BCUT2D eigenvalue weighted by atomic mass is 32.1. The number of carbonyl (C=O) groups excluding carboxylic acids is 3. The number of amides is 3. The molecule has 0 radical (unpaired) electrons. The summed E-state index contributed by atoms with van der Waals surface area (Å²) in [6, 6.07) is 7.95. The van der Waals surface area contributed by atoms with Gasteiger partial charge in [0, 0.05) is 31.8 Å². The molecule has 11 heteroatoms. The van der Waals surface area contributed by atoms with Gasteiger partial charge in [-0.1, -0.05) is 76.3 Å². The second kappa shape index (κ2) is 20.6. The van der Waals surface area contributed by atoms with Gasteiger partial charge in [-0.2, -0.15) is 0 Å². The third kappa shape index (κ3) is 13.9. The van der Waals surface area contributed by atoms with Crippen molar-refractivity contribution in [2.24, 2.45) is 17.8 Å². The largest absolute Gasteiger partial charge is 0.390 e. The van der Waals surface area contributed by atoms with E-state index in [-0.39, 0.29) is 30.6 Å². The molecule has 4 N–H and O–H groups in total. The van der Waals surface area contributed by atoms with Crippen LogP contribution in [0.2, 0.25) is 0 Å². The Labute approximate surface area is 291 Å². The second-order valence-corrected chi connectivity index (χ2v) is 15.1. The first-order chi connectivity index (χ1) is 22.9. The molecule has 1 aliphatic carbocycles. The Hall–Kier alpha value is -2.86. The molecule has 1 aliphatic rings. The van der Waals surface area contributed by atoms with Crippen LogP contribution in [0.15, 0.2) is 41.2 Å². The minimum atomic E-state index is -1.14. The Morgan fingerprint density at radius 3 is 2.29 bits per heavy atom. The lowest BCUT2D eigenvalue weighted by Crippen LogP contribution is -2.56. The highest BCUT2D eigenvalue weighted by Crippen LogP contribution is 2.29. The number of aliphatic hydroxyl groups is 2. The van der Waals surface area contributed by atoms with Gasteiger partial charge >= 0.3 is 0 Å². The van der Waals surface area contributed by atoms with Crippen molar-refractivity contribution in [2.75, 3.05) is 34.2 Å².